The molecule has 24 heavy (non-hydrogen) atoms. The average molecular weight is 364 g/mol. The molecule has 1 aromatic rings. The Hall–Kier alpha value is -1.61. The lowest BCUT2D eigenvalue weighted by Gasteiger charge is -2.31. The number of benzene rings is 1. The second kappa shape index (κ2) is 6.72. The van der Waals surface area contributed by atoms with Crippen molar-refractivity contribution in [2.24, 2.45) is 0 Å². The number of carbonyl (C=O) groups is 1. The number of carbonyl (C=O) groups excluding carboxylic acids is 1. The summed E-state index contributed by atoms with van der Waals surface area (Å²) in [6, 6.07) is 4.15. The summed E-state index contributed by atoms with van der Waals surface area (Å²) in [5.74, 6) is -1.99. The quantitative estimate of drug-likeness (QED) is 0.894. The van der Waals surface area contributed by atoms with Crippen LogP contribution in [0.1, 0.15) is 24.0 Å². The minimum absolute atomic E-state index is 0.0675. The third-order valence-corrected chi connectivity index (χ3v) is 6.06. The minimum Gasteiger partial charge on any atom is -0.345 e. The van der Waals surface area contributed by atoms with E-state index < -0.39 is 28.1 Å². The summed E-state index contributed by atoms with van der Waals surface area (Å²) >= 11 is 0. The topological polar surface area (TPSA) is 66.5 Å². The van der Waals surface area contributed by atoms with Crippen LogP contribution < -0.4 is 5.32 Å². The maximum absolute atomic E-state index is 12.6. The number of halogens is 3. The van der Waals surface area contributed by atoms with Gasteiger partial charge in [0.1, 0.15) is 0 Å². The molecule has 1 aliphatic heterocycles. The number of alkyl halides is 3. The molecule has 0 spiro atoms. The molecule has 1 heterocycles. The minimum atomic E-state index is -4.93. The summed E-state index contributed by atoms with van der Waals surface area (Å²) in [4.78, 5) is 11.1. The molecule has 1 saturated heterocycles. The van der Waals surface area contributed by atoms with E-state index in [1.165, 1.54) is 10.4 Å². The van der Waals surface area contributed by atoms with E-state index in [2.05, 4.69) is 0 Å². The van der Waals surface area contributed by atoms with Crippen LogP contribution in [-0.4, -0.2) is 43.9 Å². The van der Waals surface area contributed by atoms with E-state index in [9.17, 15) is 26.4 Å². The van der Waals surface area contributed by atoms with Gasteiger partial charge in [-0.1, -0.05) is 6.07 Å². The van der Waals surface area contributed by atoms with Gasteiger partial charge in [0.15, 0.2) is 0 Å². The van der Waals surface area contributed by atoms with Crippen LogP contribution in [-0.2, 0) is 14.8 Å². The van der Waals surface area contributed by atoms with Crippen LogP contribution in [0.25, 0.3) is 0 Å². The van der Waals surface area contributed by atoms with Crippen molar-refractivity contribution in [3.05, 3.63) is 29.3 Å². The summed E-state index contributed by atoms with van der Waals surface area (Å²) in [7, 11) is -3.68. The number of hydrogen-bond acceptors (Lipinski definition) is 3. The first-order valence-corrected chi connectivity index (χ1v) is 8.91. The van der Waals surface area contributed by atoms with Gasteiger partial charge in [0.2, 0.25) is 10.0 Å². The fourth-order valence-electron chi connectivity index (χ4n) is 2.53. The number of rotatable bonds is 3. The molecular formula is C15H19F3N2O3S. The van der Waals surface area contributed by atoms with Crippen molar-refractivity contribution in [3.63, 3.8) is 0 Å². The van der Waals surface area contributed by atoms with Crippen LogP contribution in [0.3, 0.4) is 0 Å². The second-order valence-corrected chi connectivity index (χ2v) is 7.83. The van der Waals surface area contributed by atoms with Gasteiger partial charge in [-0.2, -0.15) is 17.5 Å². The largest absolute Gasteiger partial charge is 0.471 e. The third-order valence-electron chi connectivity index (χ3n) is 4.16. The Bertz CT molecular complexity index is 724. The van der Waals surface area contributed by atoms with E-state index in [0.717, 1.165) is 11.1 Å². The highest BCUT2D eigenvalue weighted by Crippen LogP contribution is 2.23. The first-order valence-electron chi connectivity index (χ1n) is 7.47. The lowest BCUT2D eigenvalue weighted by atomic mass is 10.1. The lowest BCUT2D eigenvalue weighted by Crippen LogP contribution is -2.49. The molecule has 1 fully saturated rings. The molecule has 1 amide bonds. The molecule has 5 nitrogen and oxygen atoms in total. The highest BCUT2D eigenvalue weighted by molar-refractivity contribution is 7.89. The van der Waals surface area contributed by atoms with Gasteiger partial charge < -0.3 is 5.32 Å². The van der Waals surface area contributed by atoms with Crippen molar-refractivity contribution in [1.29, 1.82) is 0 Å². The van der Waals surface area contributed by atoms with Gasteiger partial charge in [0.25, 0.3) is 0 Å². The van der Waals surface area contributed by atoms with E-state index in [-0.39, 0.29) is 30.8 Å². The number of nitrogens with zero attached hydrogens (tertiary/aromatic N) is 1. The molecule has 0 bridgehead atoms. The molecule has 0 radical (unpaired) electrons. The number of sulfonamides is 1. The first-order chi connectivity index (χ1) is 11.0. The van der Waals surface area contributed by atoms with Crippen LogP contribution in [0.4, 0.5) is 13.2 Å². The van der Waals surface area contributed by atoms with Crippen LogP contribution >= 0.6 is 0 Å². The highest BCUT2D eigenvalue weighted by Gasteiger charge is 2.40. The van der Waals surface area contributed by atoms with E-state index in [0.29, 0.717) is 0 Å². The Balaban J connectivity index is 2.03. The maximum atomic E-state index is 12.6. The Morgan fingerprint density at radius 1 is 1.17 bits per heavy atom. The fraction of sp³-hybridized carbons (Fsp3) is 0.533. The van der Waals surface area contributed by atoms with Crippen molar-refractivity contribution in [1.82, 2.24) is 9.62 Å². The van der Waals surface area contributed by atoms with Crippen LogP contribution in [0.5, 0.6) is 0 Å². The van der Waals surface area contributed by atoms with Gasteiger partial charge in [-0.15, -0.1) is 0 Å². The Morgan fingerprint density at radius 3 is 2.25 bits per heavy atom. The molecular weight excluding hydrogens is 345 g/mol. The SMILES string of the molecule is Cc1ccc(S(=O)(=O)N2CCC(NC(=O)C(F)(F)F)CC2)cc1C. The zero-order valence-electron chi connectivity index (χ0n) is 13.4. The monoisotopic (exact) mass is 364 g/mol. The van der Waals surface area contributed by atoms with Gasteiger partial charge in [-0.3, -0.25) is 4.79 Å². The highest BCUT2D eigenvalue weighted by atomic mass is 32.2. The number of piperidine rings is 1. The van der Waals surface area contributed by atoms with E-state index >= 15 is 0 Å². The zero-order valence-corrected chi connectivity index (χ0v) is 14.2. The third kappa shape index (κ3) is 4.07. The Kier molecular flexibility index (Phi) is 5.24. The van der Waals surface area contributed by atoms with Crippen LogP contribution in [0, 0.1) is 13.8 Å². The van der Waals surface area contributed by atoms with Gasteiger partial charge in [-0.05, 0) is 49.9 Å². The van der Waals surface area contributed by atoms with Crippen molar-refractivity contribution in [2.45, 2.75) is 43.8 Å². The van der Waals surface area contributed by atoms with Gasteiger partial charge in [0.05, 0.1) is 4.90 Å². The first kappa shape index (κ1) is 18.7. The van der Waals surface area contributed by atoms with Crippen molar-refractivity contribution < 1.29 is 26.4 Å². The maximum Gasteiger partial charge on any atom is 0.471 e. The molecule has 1 aromatic carbocycles. The molecule has 134 valence electrons. The van der Waals surface area contributed by atoms with Crippen molar-refractivity contribution in [3.8, 4) is 0 Å². The zero-order chi connectivity index (χ0) is 18.1. The van der Waals surface area contributed by atoms with E-state index in [1.54, 1.807) is 12.1 Å². The van der Waals surface area contributed by atoms with Crippen molar-refractivity contribution >= 4 is 15.9 Å². The summed E-state index contributed by atoms with van der Waals surface area (Å²) < 4.78 is 63.2. The van der Waals surface area contributed by atoms with Crippen LogP contribution in [0.2, 0.25) is 0 Å². The molecule has 0 unspecified atom stereocenters. The molecule has 9 heteroatoms. The normalized spacial score (nSPS) is 17.7. The summed E-state index contributed by atoms with van der Waals surface area (Å²) in [5, 5.41) is 1.90. The smallest absolute Gasteiger partial charge is 0.345 e. The number of amides is 1. The standard InChI is InChI=1S/C15H19F3N2O3S/c1-10-3-4-13(9-11(10)2)24(22,23)20-7-5-12(6-8-20)19-14(21)15(16,17)18/h3-4,9,12H,5-8H2,1-2H3,(H,19,21). The van der Waals surface area contributed by atoms with E-state index in [4.69, 9.17) is 0 Å². The van der Waals surface area contributed by atoms with Gasteiger partial charge >= 0.3 is 12.1 Å². The van der Waals surface area contributed by atoms with Gasteiger partial charge in [0, 0.05) is 19.1 Å². The molecule has 1 N–H and O–H groups in total. The Morgan fingerprint density at radius 2 is 1.75 bits per heavy atom. The molecule has 0 aromatic heterocycles. The molecule has 2 rings (SSSR count). The predicted octanol–water partition coefficient (Wildman–Crippen LogP) is 2.14. The fourth-order valence-corrected chi connectivity index (χ4v) is 4.09. The summed E-state index contributed by atoms with van der Waals surface area (Å²) in [5.41, 5.74) is 1.82. The van der Waals surface area contributed by atoms with E-state index in [1.807, 2.05) is 19.2 Å². The average Bonchev–Trinajstić information content (AvgIpc) is 2.49. The van der Waals surface area contributed by atoms with Crippen LogP contribution in [0.15, 0.2) is 23.1 Å². The number of hydrogen-bond donors (Lipinski definition) is 1. The Labute approximate surface area is 138 Å². The molecule has 1 aliphatic rings. The molecule has 0 aliphatic carbocycles. The van der Waals surface area contributed by atoms with Crippen molar-refractivity contribution in [2.75, 3.05) is 13.1 Å². The molecule has 0 atom stereocenters. The number of nitrogens with one attached hydrogen (secondary N) is 1. The summed E-state index contributed by atoms with van der Waals surface area (Å²) in [6.45, 7) is 3.82. The second-order valence-electron chi connectivity index (χ2n) is 5.90. The van der Waals surface area contributed by atoms with Gasteiger partial charge in [-0.25, -0.2) is 8.42 Å². The predicted molar refractivity (Wildman–Crippen MR) is 81.9 cm³/mol. The number of aryl methyl sites for hydroxylation is 2. The lowest BCUT2D eigenvalue weighted by molar-refractivity contribution is -0.174. The summed E-state index contributed by atoms with van der Waals surface area (Å²) in [6.07, 6.45) is -4.64. The molecule has 0 saturated carbocycles.